The number of nitrogens with zero attached hydrogens (tertiary/aromatic N) is 1. The van der Waals surface area contributed by atoms with Crippen molar-refractivity contribution in [1.82, 2.24) is 4.98 Å². The maximum absolute atomic E-state index is 10.7. The topological polar surface area (TPSA) is 63.3 Å². The van der Waals surface area contributed by atoms with E-state index in [0.717, 1.165) is 17.2 Å². The number of carbonyl (C=O) groups is 1. The Kier molecular flexibility index (Phi) is 4.69. The Bertz CT molecular complexity index is 917. The molecule has 4 nitrogen and oxygen atoms in total. The molecule has 0 fully saturated rings. The summed E-state index contributed by atoms with van der Waals surface area (Å²) in [6.45, 7) is 0. The zero-order chi connectivity index (χ0) is 17.1. The molecule has 0 radical (unpaired) electrons. The minimum absolute atomic E-state index is 0.192. The average molecular weight is 360 g/mol. The molecule has 0 bridgehead atoms. The highest BCUT2D eigenvalue weighted by molar-refractivity contribution is 6.42. The summed E-state index contributed by atoms with van der Waals surface area (Å²) in [5, 5.41) is 9.61. The molecule has 0 saturated carbocycles. The number of benzene rings is 2. The van der Waals surface area contributed by atoms with Gasteiger partial charge in [0.05, 0.1) is 10.0 Å². The van der Waals surface area contributed by atoms with Gasteiger partial charge in [0.1, 0.15) is 5.69 Å². The van der Waals surface area contributed by atoms with Crippen LogP contribution in [0.1, 0.15) is 5.89 Å². The van der Waals surface area contributed by atoms with Crippen molar-refractivity contribution in [3.63, 3.8) is 0 Å². The van der Waals surface area contributed by atoms with E-state index in [1.807, 2.05) is 30.3 Å². The number of oxazole rings is 1. The third-order valence-electron chi connectivity index (χ3n) is 3.24. The van der Waals surface area contributed by atoms with E-state index in [2.05, 4.69) is 4.98 Å². The zero-order valence-electron chi connectivity index (χ0n) is 12.2. The molecule has 1 aromatic heterocycles. The van der Waals surface area contributed by atoms with Crippen LogP contribution in [0.2, 0.25) is 10.0 Å². The van der Waals surface area contributed by atoms with E-state index in [1.54, 1.807) is 18.2 Å². The highest BCUT2D eigenvalue weighted by Crippen LogP contribution is 2.35. The Morgan fingerprint density at radius 3 is 2.46 bits per heavy atom. The molecule has 1 heterocycles. The molecule has 0 aliphatic carbocycles. The number of rotatable bonds is 4. The van der Waals surface area contributed by atoms with Crippen molar-refractivity contribution in [2.75, 3.05) is 0 Å². The summed E-state index contributed by atoms with van der Waals surface area (Å²) in [7, 11) is 0. The molecule has 0 aliphatic rings. The third kappa shape index (κ3) is 3.50. The maximum Gasteiger partial charge on any atom is 0.328 e. The van der Waals surface area contributed by atoms with E-state index >= 15 is 0 Å². The first-order valence-corrected chi connectivity index (χ1v) is 7.73. The van der Waals surface area contributed by atoms with Crippen LogP contribution in [-0.4, -0.2) is 16.1 Å². The first kappa shape index (κ1) is 16.3. The maximum atomic E-state index is 10.7. The van der Waals surface area contributed by atoms with E-state index in [1.165, 1.54) is 6.08 Å². The Morgan fingerprint density at radius 1 is 1.04 bits per heavy atom. The molecule has 3 aromatic rings. The van der Waals surface area contributed by atoms with Crippen LogP contribution in [0.15, 0.2) is 59.0 Å². The van der Waals surface area contributed by atoms with Gasteiger partial charge in [-0.15, -0.1) is 0 Å². The lowest BCUT2D eigenvalue weighted by Gasteiger charge is -2.03. The van der Waals surface area contributed by atoms with Crippen LogP contribution >= 0.6 is 23.2 Å². The second-order valence-corrected chi connectivity index (χ2v) is 5.71. The van der Waals surface area contributed by atoms with Crippen LogP contribution in [0.25, 0.3) is 28.7 Å². The van der Waals surface area contributed by atoms with Gasteiger partial charge in [-0.25, -0.2) is 9.78 Å². The summed E-state index contributed by atoms with van der Waals surface area (Å²) in [5.41, 5.74) is 2.10. The fraction of sp³-hybridized carbons (Fsp3) is 0. The Morgan fingerprint density at radius 2 is 1.79 bits per heavy atom. The largest absolute Gasteiger partial charge is 0.478 e. The van der Waals surface area contributed by atoms with E-state index in [4.69, 9.17) is 32.7 Å². The number of halogens is 2. The predicted octanol–water partition coefficient (Wildman–Crippen LogP) is 5.41. The molecule has 0 aliphatic heterocycles. The van der Waals surface area contributed by atoms with Gasteiger partial charge in [0.2, 0.25) is 5.89 Å². The van der Waals surface area contributed by atoms with Gasteiger partial charge < -0.3 is 9.52 Å². The Labute approximate surface area is 148 Å². The average Bonchev–Trinajstić information content (AvgIpc) is 3.00. The lowest BCUT2D eigenvalue weighted by Crippen LogP contribution is -1.86. The molecule has 24 heavy (non-hydrogen) atoms. The fourth-order valence-corrected chi connectivity index (χ4v) is 2.47. The highest BCUT2D eigenvalue weighted by Gasteiger charge is 2.16. The van der Waals surface area contributed by atoms with E-state index in [9.17, 15) is 4.79 Å². The van der Waals surface area contributed by atoms with Gasteiger partial charge >= 0.3 is 5.97 Å². The molecule has 6 heteroatoms. The monoisotopic (exact) mass is 359 g/mol. The molecular weight excluding hydrogens is 349 g/mol. The van der Waals surface area contributed by atoms with Crippen LogP contribution in [0.5, 0.6) is 0 Å². The smallest absolute Gasteiger partial charge is 0.328 e. The number of hydrogen-bond acceptors (Lipinski definition) is 3. The van der Waals surface area contributed by atoms with Crippen molar-refractivity contribution >= 4 is 35.2 Å². The summed E-state index contributed by atoms with van der Waals surface area (Å²) in [6.07, 6.45) is 2.27. The molecule has 2 aromatic carbocycles. The van der Waals surface area contributed by atoms with Crippen molar-refractivity contribution < 1.29 is 14.3 Å². The minimum atomic E-state index is -1.08. The van der Waals surface area contributed by atoms with Gasteiger partial charge in [-0.3, -0.25) is 0 Å². The SMILES string of the molecule is O=C(O)/C=C/c1nc(-c2ccc(Cl)c(Cl)c2)c(-c2ccccc2)o1. The van der Waals surface area contributed by atoms with E-state index in [-0.39, 0.29) is 5.89 Å². The fourth-order valence-electron chi connectivity index (χ4n) is 2.17. The van der Waals surface area contributed by atoms with Crippen molar-refractivity contribution in [1.29, 1.82) is 0 Å². The van der Waals surface area contributed by atoms with Crippen LogP contribution in [0, 0.1) is 0 Å². The quantitative estimate of drug-likeness (QED) is 0.632. The zero-order valence-corrected chi connectivity index (χ0v) is 13.8. The van der Waals surface area contributed by atoms with Gasteiger partial charge in [-0.05, 0) is 12.1 Å². The van der Waals surface area contributed by atoms with E-state index in [0.29, 0.717) is 21.5 Å². The van der Waals surface area contributed by atoms with Crippen LogP contribution < -0.4 is 0 Å². The molecule has 0 amide bonds. The van der Waals surface area contributed by atoms with Gasteiger partial charge in [0.15, 0.2) is 5.76 Å². The van der Waals surface area contributed by atoms with Crippen molar-refractivity contribution in [3.8, 4) is 22.6 Å². The summed E-state index contributed by atoms with van der Waals surface area (Å²) in [4.78, 5) is 15.1. The number of aromatic nitrogens is 1. The Balaban J connectivity index is 2.15. The lowest BCUT2D eigenvalue weighted by molar-refractivity contribution is -0.131. The normalized spacial score (nSPS) is 11.1. The molecule has 0 spiro atoms. The standard InChI is InChI=1S/C18H11Cl2NO3/c19-13-7-6-12(10-14(13)20)17-18(11-4-2-1-3-5-11)24-15(21-17)8-9-16(22)23/h1-10H,(H,22,23)/b9-8+. The number of carboxylic acid groups (broad SMARTS) is 1. The molecule has 3 rings (SSSR count). The molecule has 1 N–H and O–H groups in total. The number of hydrogen-bond donors (Lipinski definition) is 1. The van der Waals surface area contributed by atoms with Crippen molar-refractivity contribution in [2.24, 2.45) is 0 Å². The van der Waals surface area contributed by atoms with Gasteiger partial charge in [-0.2, -0.15) is 0 Å². The van der Waals surface area contributed by atoms with Crippen molar-refractivity contribution in [2.45, 2.75) is 0 Å². The molecule has 120 valence electrons. The molecule has 0 saturated heterocycles. The first-order valence-electron chi connectivity index (χ1n) is 6.97. The summed E-state index contributed by atoms with van der Waals surface area (Å²) in [6, 6.07) is 14.6. The second kappa shape index (κ2) is 6.91. The number of aliphatic carboxylic acids is 1. The Hall–Kier alpha value is -2.56. The van der Waals surface area contributed by atoms with Crippen LogP contribution in [-0.2, 0) is 4.79 Å². The van der Waals surface area contributed by atoms with Gasteiger partial charge in [0.25, 0.3) is 0 Å². The molecular formula is C18H11Cl2NO3. The highest BCUT2D eigenvalue weighted by atomic mass is 35.5. The summed E-state index contributed by atoms with van der Waals surface area (Å²) in [5.74, 6) is -0.359. The first-order chi connectivity index (χ1) is 11.5. The summed E-state index contributed by atoms with van der Waals surface area (Å²) < 4.78 is 5.74. The number of carboxylic acids is 1. The second-order valence-electron chi connectivity index (χ2n) is 4.90. The molecule has 0 unspecified atom stereocenters. The summed E-state index contributed by atoms with van der Waals surface area (Å²) >= 11 is 12.1. The van der Waals surface area contributed by atoms with Crippen molar-refractivity contribution in [3.05, 3.63) is 70.5 Å². The third-order valence-corrected chi connectivity index (χ3v) is 3.98. The van der Waals surface area contributed by atoms with Gasteiger partial charge in [0, 0.05) is 23.3 Å². The van der Waals surface area contributed by atoms with E-state index < -0.39 is 5.97 Å². The van der Waals surface area contributed by atoms with Gasteiger partial charge in [-0.1, -0.05) is 59.6 Å². The van der Waals surface area contributed by atoms with Crippen LogP contribution in [0.3, 0.4) is 0 Å². The molecule has 0 atom stereocenters. The minimum Gasteiger partial charge on any atom is -0.478 e. The predicted molar refractivity (Wildman–Crippen MR) is 94.1 cm³/mol. The lowest BCUT2D eigenvalue weighted by atomic mass is 10.1. The van der Waals surface area contributed by atoms with Crippen LogP contribution in [0.4, 0.5) is 0 Å².